The average Bonchev–Trinajstić information content (AvgIpc) is 3.58. The van der Waals surface area contributed by atoms with E-state index < -0.39 is 5.67 Å². The van der Waals surface area contributed by atoms with Crippen molar-refractivity contribution in [3.8, 4) is 11.5 Å². The summed E-state index contributed by atoms with van der Waals surface area (Å²) in [5.41, 5.74) is 2.88. The first-order valence-corrected chi connectivity index (χ1v) is 13.9. The van der Waals surface area contributed by atoms with Crippen LogP contribution in [0.1, 0.15) is 37.3 Å². The van der Waals surface area contributed by atoms with Gasteiger partial charge < -0.3 is 9.47 Å². The highest BCUT2D eigenvalue weighted by Gasteiger charge is 2.40. The molecule has 37 heavy (non-hydrogen) atoms. The zero-order valence-corrected chi connectivity index (χ0v) is 21.6. The molecular formula is C29H31F2N5S. The number of allylic oxidation sites excluding steroid dienone is 1. The summed E-state index contributed by atoms with van der Waals surface area (Å²) in [5, 5.41) is 4.26. The third kappa shape index (κ3) is 4.80. The molecule has 2 fully saturated rings. The fourth-order valence-corrected chi connectivity index (χ4v) is 6.45. The smallest absolute Gasteiger partial charge is 0.160 e. The van der Waals surface area contributed by atoms with Gasteiger partial charge in [0.25, 0.3) is 0 Å². The Morgan fingerprint density at radius 2 is 1.89 bits per heavy atom. The van der Waals surface area contributed by atoms with Crippen molar-refractivity contribution in [2.45, 2.75) is 43.9 Å². The van der Waals surface area contributed by atoms with E-state index in [0.29, 0.717) is 24.1 Å². The maximum absolute atomic E-state index is 16.1. The molecule has 0 bridgehead atoms. The highest BCUT2D eigenvalue weighted by Crippen LogP contribution is 2.39. The van der Waals surface area contributed by atoms with Gasteiger partial charge in [-0.2, -0.15) is 11.3 Å². The van der Waals surface area contributed by atoms with Gasteiger partial charge in [-0.05, 0) is 72.3 Å². The number of hydrogen-bond donors (Lipinski definition) is 0. The van der Waals surface area contributed by atoms with E-state index in [2.05, 4.69) is 42.8 Å². The molecule has 6 rings (SSSR count). The summed E-state index contributed by atoms with van der Waals surface area (Å²) >= 11 is 1.70. The molecule has 0 N–H and O–H groups in total. The molecule has 0 spiro atoms. The Morgan fingerprint density at radius 1 is 1.08 bits per heavy atom. The van der Waals surface area contributed by atoms with E-state index in [1.54, 1.807) is 23.6 Å². The van der Waals surface area contributed by atoms with E-state index in [4.69, 9.17) is 4.98 Å². The van der Waals surface area contributed by atoms with Gasteiger partial charge in [-0.3, -0.25) is 9.88 Å². The number of likely N-dealkylation sites (tertiary alicyclic amines) is 2. The average molecular weight is 520 g/mol. The molecule has 8 heteroatoms. The summed E-state index contributed by atoms with van der Waals surface area (Å²) in [6.07, 6.45) is 4.39. The van der Waals surface area contributed by atoms with Crippen LogP contribution in [0.25, 0.3) is 22.6 Å². The molecule has 4 aromatic rings. The minimum absolute atomic E-state index is 0.166. The number of benzene rings is 1. The van der Waals surface area contributed by atoms with Crippen molar-refractivity contribution < 1.29 is 8.78 Å². The summed E-state index contributed by atoms with van der Waals surface area (Å²) in [4.78, 5) is 13.7. The minimum atomic E-state index is -1.35. The Balaban J connectivity index is 1.15. The fraction of sp³-hybridized carbons (Fsp3) is 0.379. The van der Waals surface area contributed by atoms with Gasteiger partial charge in [0.15, 0.2) is 11.5 Å². The lowest BCUT2D eigenvalue weighted by atomic mass is 9.88. The van der Waals surface area contributed by atoms with Crippen LogP contribution < -0.4 is 0 Å². The predicted octanol–water partition coefficient (Wildman–Crippen LogP) is 6.45. The van der Waals surface area contributed by atoms with Gasteiger partial charge in [0, 0.05) is 56.7 Å². The molecule has 2 aliphatic heterocycles. The molecule has 0 unspecified atom stereocenters. The van der Waals surface area contributed by atoms with Gasteiger partial charge in [-0.1, -0.05) is 12.6 Å². The van der Waals surface area contributed by atoms with Crippen molar-refractivity contribution in [2.75, 3.05) is 26.2 Å². The van der Waals surface area contributed by atoms with E-state index >= 15 is 4.39 Å². The molecule has 0 aliphatic carbocycles. The second kappa shape index (κ2) is 9.99. The molecule has 0 amide bonds. The van der Waals surface area contributed by atoms with Crippen LogP contribution in [0.2, 0.25) is 0 Å². The van der Waals surface area contributed by atoms with Gasteiger partial charge >= 0.3 is 0 Å². The van der Waals surface area contributed by atoms with Gasteiger partial charge in [0.1, 0.15) is 11.5 Å². The van der Waals surface area contributed by atoms with E-state index in [1.807, 2.05) is 18.2 Å². The summed E-state index contributed by atoms with van der Waals surface area (Å²) in [7, 11) is 0. The lowest BCUT2D eigenvalue weighted by Crippen LogP contribution is -2.47. The van der Waals surface area contributed by atoms with Gasteiger partial charge in [-0.25, -0.2) is 13.8 Å². The Morgan fingerprint density at radius 3 is 2.59 bits per heavy atom. The first-order valence-electron chi connectivity index (χ1n) is 13.0. The van der Waals surface area contributed by atoms with Crippen molar-refractivity contribution in [3.05, 3.63) is 83.1 Å². The van der Waals surface area contributed by atoms with Crippen molar-refractivity contribution in [2.24, 2.45) is 0 Å². The highest BCUT2D eigenvalue weighted by molar-refractivity contribution is 7.07. The highest BCUT2D eigenvalue weighted by atomic mass is 32.1. The summed E-state index contributed by atoms with van der Waals surface area (Å²) < 4.78 is 32.3. The Kier molecular flexibility index (Phi) is 6.55. The lowest BCUT2D eigenvalue weighted by molar-refractivity contribution is 0.0523. The lowest BCUT2D eigenvalue weighted by Gasteiger charge is -2.44. The number of alkyl halides is 1. The zero-order valence-electron chi connectivity index (χ0n) is 20.8. The maximum atomic E-state index is 16.1. The van der Waals surface area contributed by atoms with Gasteiger partial charge in [0.2, 0.25) is 0 Å². The Labute approximate surface area is 220 Å². The number of imidazole rings is 1. The van der Waals surface area contributed by atoms with Crippen LogP contribution in [-0.2, 0) is 6.54 Å². The molecular weight excluding hydrogens is 488 g/mol. The van der Waals surface area contributed by atoms with Gasteiger partial charge in [-0.15, -0.1) is 0 Å². The Hall–Kier alpha value is -3.10. The molecule has 0 atom stereocenters. The number of nitrogens with zero attached hydrogens (tertiary/aromatic N) is 5. The first-order chi connectivity index (χ1) is 18.0. The van der Waals surface area contributed by atoms with Crippen molar-refractivity contribution in [1.82, 2.24) is 24.3 Å². The number of piperidine rings is 2. The van der Waals surface area contributed by atoms with Crippen LogP contribution in [0.5, 0.6) is 0 Å². The largest absolute Gasteiger partial charge is 0.373 e. The van der Waals surface area contributed by atoms with Crippen LogP contribution >= 0.6 is 11.3 Å². The molecule has 5 heterocycles. The number of aromatic nitrogens is 3. The predicted molar refractivity (Wildman–Crippen MR) is 145 cm³/mol. The van der Waals surface area contributed by atoms with Crippen LogP contribution in [0.3, 0.4) is 0 Å². The zero-order chi connectivity index (χ0) is 25.4. The number of pyridine rings is 1. The van der Waals surface area contributed by atoms with E-state index in [0.717, 1.165) is 62.6 Å². The normalized spacial score (nSPS) is 18.9. The second-order valence-corrected chi connectivity index (χ2v) is 11.0. The molecule has 192 valence electrons. The van der Waals surface area contributed by atoms with Crippen molar-refractivity contribution in [3.63, 3.8) is 0 Å². The molecule has 2 aliphatic rings. The summed E-state index contributed by atoms with van der Waals surface area (Å²) in [5.74, 6) is 0.448. The van der Waals surface area contributed by atoms with E-state index in [1.165, 1.54) is 17.7 Å². The van der Waals surface area contributed by atoms with Crippen LogP contribution in [-0.4, -0.2) is 56.2 Å². The molecule has 3 aromatic heterocycles. The number of thiophene rings is 1. The van der Waals surface area contributed by atoms with Gasteiger partial charge in [0.05, 0.1) is 11.0 Å². The number of halogens is 2. The topological polar surface area (TPSA) is 37.2 Å². The van der Waals surface area contributed by atoms with Crippen molar-refractivity contribution in [1.29, 1.82) is 0 Å². The van der Waals surface area contributed by atoms with E-state index in [-0.39, 0.29) is 11.9 Å². The molecule has 5 nitrogen and oxygen atoms in total. The summed E-state index contributed by atoms with van der Waals surface area (Å²) in [6.45, 7) is 8.09. The third-order valence-corrected chi connectivity index (χ3v) is 8.64. The van der Waals surface area contributed by atoms with Crippen LogP contribution in [0.15, 0.2) is 71.7 Å². The maximum Gasteiger partial charge on any atom is 0.160 e. The quantitative estimate of drug-likeness (QED) is 0.293. The van der Waals surface area contributed by atoms with E-state index in [9.17, 15) is 4.39 Å². The molecule has 0 saturated carbocycles. The molecule has 1 aromatic carbocycles. The molecule has 0 radical (unpaired) electrons. The first kappa shape index (κ1) is 24.2. The van der Waals surface area contributed by atoms with Crippen molar-refractivity contribution >= 4 is 22.4 Å². The van der Waals surface area contributed by atoms with Crippen LogP contribution in [0, 0.1) is 5.82 Å². The Bertz CT molecular complexity index is 1370. The third-order valence-electron chi connectivity index (χ3n) is 7.91. The standard InChI is InChI=1S/C29H31F2N5S/c1-21(29(31)10-15-34(16-11-29)19-22-9-17-37-20-22)35-13-7-24(8-14-35)36-27-6-5-23(30)18-26(27)33-28(36)25-4-2-3-12-32-25/h2-6,9,12,17-18,20,24H,1,7-8,10-11,13-16,19H2. The summed E-state index contributed by atoms with van der Waals surface area (Å²) in [6, 6.07) is 12.8. The van der Waals surface area contributed by atoms with Crippen LogP contribution in [0.4, 0.5) is 8.78 Å². The number of fused-ring (bicyclic) bond motifs is 1. The fourth-order valence-electron chi connectivity index (χ4n) is 5.79. The molecule has 2 saturated heterocycles. The minimum Gasteiger partial charge on any atom is -0.373 e. The number of hydrogen-bond acceptors (Lipinski definition) is 5. The number of rotatable bonds is 6. The SMILES string of the molecule is C=C(N1CCC(n2c(-c3ccccn3)nc3cc(F)ccc32)CC1)C1(F)CCN(Cc2ccsc2)CC1. The second-order valence-electron chi connectivity index (χ2n) is 10.2. The monoisotopic (exact) mass is 519 g/mol.